The van der Waals surface area contributed by atoms with Crippen LogP contribution in [0.4, 0.5) is 0 Å². The molecule has 0 aromatic heterocycles. The zero-order chi connectivity index (χ0) is 21.2. The second-order valence-electron chi connectivity index (χ2n) is 6.29. The molecule has 0 aliphatic carbocycles. The zero-order valence-corrected chi connectivity index (χ0v) is 16.7. The van der Waals surface area contributed by atoms with Crippen LogP contribution >= 0.6 is 0 Å². The minimum atomic E-state index is -0.425. The number of nitriles is 1. The topological polar surface area (TPSA) is 91.6 Å². The lowest BCUT2D eigenvalue weighted by Crippen LogP contribution is -2.26. The number of aryl methyl sites for hydroxylation is 1. The van der Waals surface area contributed by atoms with Crippen molar-refractivity contribution in [2.45, 2.75) is 13.3 Å². The molecule has 2 rings (SSSR count). The number of hydrogen-bond donors (Lipinski definition) is 2. The Bertz CT molecular complexity index is 971. The lowest BCUT2D eigenvalue weighted by Gasteiger charge is -2.08. The second kappa shape index (κ2) is 10.6. The van der Waals surface area contributed by atoms with Crippen LogP contribution in [0.2, 0.25) is 0 Å². The van der Waals surface area contributed by atoms with E-state index in [9.17, 15) is 15.2 Å². The van der Waals surface area contributed by atoms with Crippen LogP contribution in [0.15, 0.2) is 54.1 Å². The molecule has 0 saturated heterocycles. The number of carbonyl (C=O) groups excluding carboxylic acids is 1. The third-order valence-corrected chi connectivity index (χ3v) is 4.28. The van der Waals surface area contributed by atoms with Crippen LogP contribution in [-0.4, -0.2) is 31.8 Å². The number of methoxy groups -OCH3 is 2. The van der Waals surface area contributed by atoms with Crippen LogP contribution < -0.4 is 14.8 Å². The number of amides is 1. The quantitative estimate of drug-likeness (QED) is 0.407. The van der Waals surface area contributed by atoms with E-state index in [1.807, 2.05) is 31.2 Å². The number of carbonyl (C=O) groups is 1. The first-order valence-electron chi connectivity index (χ1n) is 9.05. The summed E-state index contributed by atoms with van der Waals surface area (Å²) in [6.07, 6.45) is 5.42. The maximum atomic E-state index is 12.2. The average Bonchev–Trinajstić information content (AvgIpc) is 2.72. The Morgan fingerprint density at radius 1 is 1.17 bits per heavy atom. The van der Waals surface area contributed by atoms with Gasteiger partial charge >= 0.3 is 0 Å². The number of nitrogens with one attached hydrogen (secondary N) is 1. The van der Waals surface area contributed by atoms with Crippen molar-refractivity contribution in [1.29, 1.82) is 5.26 Å². The molecule has 0 spiro atoms. The van der Waals surface area contributed by atoms with E-state index in [4.69, 9.17) is 9.47 Å². The molecular weight excluding hydrogens is 368 g/mol. The number of rotatable bonds is 8. The van der Waals surface area contributed by atoms with E-state index in [2.05, 4.69) is 5.32 Å². The van der Waals surface area contributed by atoms with Crippen LogP contribution in [0.3, 0.4) is 0 Å². The largest absolute Gasteiger partial charge is 0.504 e. The maximum absolute atomic E-state index is 12.2. The number of nitrogens with zero attached hydrogens (tertiary/aromatic N) is 1. The number of aromatic hydroxyl groups is 1. The standard InChI is InChI=1S/C23H24N2O4/c1-16-13-18(8-10-21(16)28-2)11-12-25-23(27)19(15-24)6-4-5-17-7-9-20(26)22(14-17)29-3/h4-10,13-14,26H,11-12H2,1-3H3,(H,25,27)/b5-4+,19-6+. The van der Waals surface area contributed by atoms with Gasteiger partial charge in [0.15, 0.2) is 11.5 Å². The zero-order valence-electron chi connectivity index (χ0n) is 16.7. The highest BCUT2D eigenvalue weighted by molar-refractivity contribution is 5.97. The molecule has 6 heteroatoms. The van der Waals surface area contributed by atoms with E-state index in [1.54, 1.807) is 31.4 Å². The Hall–Kier alpha value is -3.72. The summed E-state index contributed by atoms with van der Waals surface area (Å²) in [5.41, 5.74) is 2.89. The third kappa shape index (κ3) is 6.15. The fraction of sp³-hybridized carbons (Fsp3) is 0.217. The summed E-state index contributed by atoms with van der Waals surface area (Å²) in [5.74, 6) is 0.795. The fourth-order valence-electron chi connectivity index (χ4n) is 2.73. The first kappa shape index (κ1) is 21.6. The van der Waals surface area contributed by atoms with Crippen LogP contribution in [0.1, 0.15) is 16.7 Å². The normalized spacial score (nSPS) is 11.2. The fourth-order valence-corrected chi connectivity index (χ4v) is 2.73. The Balaban J connectivity index is 1.94. The summed E-state index contributed by atoms with van der Waals surface area (Å²) < 4.78 is 10.3. The van der Waals surface area contributed by atoms with E-state index in [1.165, 1.54) is 19.3 Å². The van der Waals surface area contributed by atoms with Gasteiger partial charge in [0.05, 0.1) is 14.2 Å². The molecule has 0 heterocycles. The van der Waals surface area contributed by atoms with Crippen molar-refractivity contribution in [3.05, 3.63) is 70.8 Å². The molecule has 2 aromatic rings. The first-order chi connectivity index (χ1) is 14.0. The number of hydrogen-bond acceptors (Lipinski definition) is 5. The highest BCUT2D eigenvalue weighted by Gasteiger charge is 2.07. The van der Waals surface area contributed by atoms with Gasteiger partial charge in [0.1, 0.15) is 17.4 Å². The minimum Gasteiger partial charge on any atom is -0.504 e. The molecule has 2 N–H and O–H groups in total. The number of phenols is 1. The second-order valence-corrected chi connectivity index (χ2v) is 6.29. The summed E-state index contributed by atoms with van der Waals surface area (Å²) in [6.45, 7) is 2.38. The van der Waals surface area contributed by atoms with Gasteiger partial charge in [0.2, 0.25) is 0 Å². The molecule has 0 aliphatic heterocycles. The van der Waals surface area contributed by atoms with Gasteiger partial charge in [-0.25, -0.2) is 0 Å². The minimum absolute atomic E-state index is 0.0119. The van der Waals surface area contributed by atoms with Crippen LogP contribution in [-0.2, 0) is 11.2 Å². The van der Waals surface area contributed by atoms with Gasteiger partial charge < -0.3 is 19.9 Å². The summed E-state index contributed by atoms with van der Waals surface area (Å²) in [7, 11) is 3.10. The summed E-state index contributed by atoms with van der Waals surface area (Å²) in [6, 6.07) is 12.6. The van der Waals surface area contributed by atoms with E-state index in [0.29, 0.717) is 18.7 Å². The SMILES string of the molecule is COc1ccc(CCNC(=O)/C(C#N)=C/C=C/c2ccc(O)c(OC)c2)cc1C. The van der Waals surface area contributed by atoms with Crippen molar-refractivity contribution in [3.63, 3.8) is 0 Å². The van der Waals surface area contributed by atoms with E-state index < -0.39 is 5.91 Å². The van der Waals surface area contributed by atoms with Crippen molar-refractivity contribution >= 4 is 12.0 Å². The van der Waals surface area contributed by atoms with Gasteiger partial charge in [-0.3, -0.25) is 4.79 Å². The molecule has 0 radical (unpaired) electrons. The van der Waals surface area contributed by atoms with Gasteiger partial charge in [-0.15, -0.1) is 0 Å². The van der Waals surface area contributed by atoms with E-state index >= 15 is 0 Å². The lowest BCUT2D eigenvalue weighted by molar-refractivity contribution is -0.117. The molecule has 2 aromatic carbocycles. The van der Waals surface area contributed by atoms with Gasteiger partial charge in [-0.1, -0.05) is 30.4 Å². The molecule has 1 amide bonds. The smallest absolute Gasteiger partial charge is 0.261 e. The summed E-state index contributed by atoms with van der Waals surface area (Å²) in [5, 5.41) is 21.6. The molecule has 29 heavy (non-hydrogen) atoms. The van der Waals surface area contributed by atoms with Crippen LogP contribution in [0.5, 0.6) is 17.2 Å². The molecule has 0 saturated carbocycles. The van der Waals surface area contributed by atoms with E-state index in [-0.39, 0.29) is 11.3 Å². The van der Waals surface area contributed by atoms with Crippen molar-refractivity contribution in [2.75, 3.05) is 20.8 Å². The number of phenolic OH excluding ortho intramolecular Hbond substituents is 1. The van der Waals surface area contributed by atoms with Crippen molar-refractivity contribution in [1.82, 2.24) is 5.32 Å². The molecule has 0 aliphatic rings. The van der Waals surface area contributed by atoms with Crippen LogP contribution in [0.25, 0.3) is 6.08 Å². The summed E-state index contributed by atoms with van der Waals surface area (Å²) >= 11 is 0. The predicted molar refractivity (Wildman–Crippen MR) is 112 cm³/mol. The Labute approximate surface area is 170 Å². The van der Waals surface area contributed by atoms with Crippen LogP contribution in [0, 0.1) is 18.3 Å². The highest BCUT2D eigenvalue weighted by atomic mass is 16.5. The lowest BCUT2D eigenvalue weighted by atomic mass is 10.1. The van der Waals surface area contributed by atoms with Crippen molar-refractivity contribution in [3.8, 4) is 23.3 Å². The molecule has 6 nitrogen and oxygen atoms in total. The van der Waals surface area contributed by atoms with Gasteiger partial charge in [0, 0.05) is 6.54 Å². The molecule has 150 valence electrons. The van der Waals surface area contributed by atoms with Gasteiger partial charge in [-0.05, 0) is 54.3 Å². The summed E-state index contributed by atoms with van der Waals surface area (Å²) in [4.78, 5) is 12.2. The highest BCUT2D eigenvalue weighted by Crippen LogP contribution is 2.26. The predicted octanol–water partition coefficient (Wildman–Crippen LogP) is 3.54. The molecule has 0 bridgehead atoms. The van der Waals surface area contributed by atoms with Crippen molar-refractivity contribution in [2.24, 2.45) is 0 Å². The monoisotopic (exact) mass is 392 g/mol. The van der Waals surface area contributed by atoms with E-state index in [0.717, 1.165) is 22.4 Å². The Morgan fingerprint density at radius 2 is 1.93 bits per heavy atom. The maximum Gasteiger partial charge on any atom is 0.261 e. The Morgan fingerprint density at radius 3 is 2.59 bits per heavy atom. The average molecular weight is 392 g/mol. The number of allylic oxidation sites excluding steroid dienone is 2. The number of benzene rings is 2. The molecule has 0 atom stereocenters. The molecule has 0 fully saturated rings. The third-order valence-electron chi connectivity index (χ3n) is 4.28. The first-order valence-corrected chi connectivity index (χ1v) is 9.05. The Kier molecular flexibility index (Phi) is 7.87. The molecular formula is C23H24N2O4. The van der Waals surface area contributed by atoms with Crippen molar-refractivity contribution < 1.29 is 19.4 Å². The molecule has 0 unspecified atom stereocenters. The van der Waals surface area contributed by atoms with Gasteiger partial charge in [0.25, 0.3) is 5.91 Å². The number of ether oxygens (including phenoxy) is 2. The van der Waals surface area contributed by atoms with Gasteiger partial charge in [-0.2, -0.15) is 5.26 Å².